The summed E-state index contributed by atoms with van der Waals surface area (Å²) in [7, 11) is 0. The van der Waals surface area contributed by atoms with E-state index in [2.05, 4.69) is 44.6 Å². The summed E-state index contributed by atoms with van der Waals surface area (Å²) in [4.78, 5) is 6.58. The second-order valence-electron chi connectivity index (χ2n) is 6.18. The van der Waals surface area contributed by atoms with Crippen molar-refractivity contribution in [2.75, 3.05) is 25.0 Å². The van der Waals surface area contributed by atoms with Crippen molar-refractivity contribution in [3.05, 3.63) is 42.5 Å². The molecular weight excluding hydrogens is 262 g/mol. The van der Waals surface area contributed by atoms with Crippen LogP contribution in [0.3, 0.4) is 0 Å². The number of anilines is 1. The number of hydrogen-bond donors (Lipinski definition) is 1. The van der Waals surface area contributed by atoms with Crippen molar-refractivity contribution in [1.29, 1.82) is 0 Å². The molecule has 2 aliphatic rings. The zero-order chi connectivity index (χ0) is 14.1. The van der Waals surface area contributed by atoms with Gasteiger partial charge in [-0.15, -0.1) is 0 Å². The Morgan fingerprint density at radius 2 is 2.19 bits per heavy atom. The minimum absolute atomic E-state index is 0.630. The molecule has 3 unspecified atom stereocenters. The zero-order valence-electron chi connectivity index (χ0n) is 12.2. The van der Waals surface area contributed by atoms with Gasteiger partial charge in [0, 0.05) is 24.8 Å². The van der Waals surface area contributed by atoms with E-state index in [0.29, 0.717) is 6.04 Å². The molecule has 0 saturated carbocycles. The van der Waals surface area contributed by atoms with Crippen molar-refractivity contribution in [2.24, 2.45) is 5.92 Å². The minimum Gasteiger partial charge on any atom is -0.382 e. The van der Waals surface area contributed by atoms with Crippen LogP contribution < -0.4 is 5.32 Å². The summed E-state index contributed by atoms with van der Waals surface area (Å²) in [6, 6.07) is 9.31. The van der Waals surface area contributed by atoms with Crippen LogP contribution in [0.2, 0.25) is 0 Å². The molecule has 0 aliphatic carbocycles. The molecule has 5 nitrogen and oxygen atoms in total. The van der Waals surface area contributed by atoms with Crippen molar-refractivity contribution in [3.63, 3.8) is 0 Å². The summed E-state index contributed by atoms with van der Waals surface area (Å²) in [5, 5.41) is 7.92. The van der Waals surface area contributed by atoms with Gasteiger partial charge in [0.1, 0.15) is 12.7 Å². The normalized spacial score (nSPS) is 27.7. The highest BCUT2D eigenvalue weighted by atomic mass is 15.3. The molecule has 5 heteroatoms. The fourth-order valence-corrected chi connectivity index (χ4v) is 3.62. The maximum atomic E-state index is 4.17. The van der Waals surface area contributed by atoms with Gasteiger partial charge in [-0.2, -0.15) is 5.10 Å². The highest BCUT2D eigenvalue weighted by Gasteiger charge is 2.33. The lowest BCUT2D eigenvalue weighted by Gasteiger charge is -2.31. The molecule has 3 heterocycles. The van der Waals surface area contributed by atoms with Crippen molar-refractivity contribution < 1.29 is 0 Å². The van der Waals surface area contributed by atoms with Crippen LogP contribution in [-0.4, -0.2) is 45.3 Å². The molecule has 110 valence electrons. The molecule has 4 rings (SSSR count). The molecule has 2 saturated heterocycles. The molecule has 1 aromatic heterocycles. The van der Waals surface area contributed by atoms with Gasteiger partial charge < -0.3 is 10.2 Å². The van der Waals surface area contributed by atoms with Gasteiger partial charge in [-0.3, -0.25) is 0 Å². The number of fused-ring (bicyclic) bond motifs is 2. The molecule has 0 spiro atoms. The number of nitrogens with one attached hydrogen (secondary N) is 1. The standard InChI is InChI=1S/C16H21N5/c1-2-13(9-21-12-17-11-18-21)8-15(3-1)19-16-5-7-20-6-4-14(16)10-20/h1-3,8,11-12,14,16,19H,4-7,9-10H2. The molecule has 0 radical (unpaired) electrons. The summed E-state index contributed by atoms with van der Waals surface area (Å²) in [6.45, 7) is 4.58. The van der Waals surface area contributed by atoms with Crippen LogP contribution in [-0.2, 0) is 6.54 Å². The number of benzene rings is 1. The average Bonchev–Trinajstić information content (AvgIpc) is 3.13. The predicted molar refractivity (Wildman–Crippen MR) is 82.1 cm³/mol. The molecule has 3 atom stereocenters. The molecule has 2 fully saturated rings. The van der Waals surface area contributed by atoms with Crippen LogP contribution in [0.4, 0.5) is 5.69 Å². The van der Waals surface area contributed by atoms with Gasteiger partial charge >= 0.3 is 0 Å². The van der Waals surface area contributed by atoms with Crippen LogP contribution >= 0.6 is 0 Å². The largest absolute Gasteiger partial charge is 0.382 e. The Morgan fingerprint density at radius 1 is 1.24 bits per heavy atom. The molecular formula is C16H21N5. The summed E-state index contributed by atoms with van der Waals surface area (Å²) in [6.07, 6.45) is 5.94. The predicted octanol–water partition coefficient (Wildman–Crippen LogP) is 1.83. The molecule has 21 heavy (non-hydrogen) atoms. The zero-order valence-corrected chi connectivity index (χ0v) is 12.2. The van der Waals surface area contributed by atoms with Gasteiger partial charge in [0.25, 0.3) is 0 Å². The second-order valence-corrected chi connectivity index (χ2v) is 6.18. The quantitative estimate of drug-likeness (QED) is 0.930. The number of aromatic nitrogens is 3. The SMILES string of the molecule is c1cc(Cn2cncn2)cc(NC2CCN3CCC2C3)c1. The first-order valence-corrected chi connectivity index (χ1v) is 7.77. The van der Waals surface area contributed by atoms with E-state index >= 15 is 0 Å². The van der Waals surface area contributed by atoms with E-state index < -0.39 is 0 Å². The Morgan fingerprint density at radius 3 is 3.10 bits per heavy atom. The maximum absolute atomic E-state index is 4.17. The molecule has 0 amide bonds. The lowest BCUT2D eigenvalue weighted by Crippen LogP contribution is -2.39. The topological polar surface area (TPSA) is 46.0 Å². The first-order valence-electron chi connectivity index (χ1n) is 7.77. The third-order valence-electron chi connectivity index (χ3n) is 4.72. The van der Waals surface area contributed by atoms with Gasteiger partial charge in [0.15, 0.2) is 0 Å². The Hall–Kier alpha value is -1.88. The van der Waals surface area contributed by atoms with Crippen molar-refractivity contribution >= 4 is 5.69 Å². The Kier molecular flexibility index (Phi) is 3.35. The monoisotopic (exact) mass is 283 g/mol. The van der Waals surface area contributed by atoms with Gasteiger partial charge in [-0.05, 0) is 43.0 Å². The summed E-state index contributed by atoms with van der Waals surface area (Å²) in [5.41, 5.74) is 2.49. The number of piperidine rings is 1. The maximum Gasteiger partial charge on any atom is 0.137 e. The highest BCUT2D eigenvalue weighted by molar-refractivity contribution is 5.47. The van der Waals surface area contributed by atoms with Gasteiger partial charge in [-0.25, -0.2) is 9.67 Å². The summed E-state index contributed by atoms with van der Waals surface area (Å²) >= 11 is 0. The number of rotatable bonds is 4. The second kappa shape index (κ2) is 5.48. The van der Waals surface area contributed by atoms with Gasteiger partial charge in [-0.1, -0.05) is 12.1 Å². The van der Waals surface area contributed by atoms with E-state index in [1.54, 1.807) is 12.7 Å². The Labute approximate surface area is 125 Å². The average molecular weight is 283 g/mol. The van der Waals surface area contributed by atoms with Crippen LogP contribution in [0.5, 0.6) is 0 Å². The molecule has 2 aliphatic heterocycles. The summed E-state index contributed by atoms with van der Waals surface area (Å²) < 4.78 is 1.86. The van der Waals surface area contributed by atoms with E-state index in [-0.39, 0.29) is 0 Å². The number of nitrogens with zero attached hydrogens (tertiary/aromatic N) is 4. The third kappa shape index (κ3) is 2.78. The van der Waals surface area contributed by atoms with Crippen molar-refractivity contribution in [2.45, 2.75) is 25.4 Å². The highest BCUT2D eigenvalue weighted by Crippen LogP contribution is 2.29. The van der Waals surface area contributed by atoms with Gasteiger partial charge in [0.2, 0.25) is 0 Å². The van der Waals surface area contributed by atoms with Crippen LogP contribution in [0.15, 0.2) is 36.9 Å². The number of hydrogen-bond acceptors (Lipinski definition) is 4. The first kappa shape index (κ1) is 12.8. The molecule has 1 N–H and O–H groups in total. The smallest absolute Gasteiger partial charge is 0.137 e. The van der Waals surface area contributed by atoms with E-state index in [1.807, 2.05) is 4.68 Å². The van der Waals surface area contributed by atoms with E-state index in [9.17, 15) is 0 Å². The molecule has 1 aromatic carbocycles. The van der Waals surface area contributed by atoms with Crippen LogP contribution in [0, 0.1) is 5.92 Å². The van der Waals surface area contributed by atoms with Gasteiger partial charge in [0.05, 0.1) is 6.54 Å². The Bertz CT molecular complexity index is 594. The first-order chi connectivity index (χ1) is 10.4. The minimum atomic E-state index is 0.630. The fourth-order valence-electron chi connectivity index (χ4n) is 3.62. The lowest BCUT2D eigenvalue weighted by molar-refractivity contribution is 0.255. The Balaban J connectivity index is 1.45. The summed E-state index contributed by atoms with van der Waals surface area (Å²) in [5.74, 6) is 0.817. The van der Waals surface area contributed by atoms with Crippen LogP contribution in [0.1, 0.15) is 18.4 Å². The van der Waals surface area contributed by atoms with Crippen molar-refractivity contribution in [3.8, 4) is 0 Å². The van der Waals surface area contributed by atoms with E-state index in [0.717, 1.165) is 12.5 Å². The van der Waals surface area contributed by atoms with E-state index in [4.69, 9.17) is 0 Å². The molecule has 2 bridgehead atoms. The lowest BCUT2D eigenvalue weighted by atomic mass is 9.94. The molecule has 2 aromatic rings. The van der Waals surface area contributed by atoms with E-state index in [1.165, 1.54) is 43.7 Å². The fraction of sp³-hybridized carbons (Fsp3) is 0.500. The van der Waals surface area contributed by atoms with Crippen molar-refractivity contribution in [1.82, 2.24) is 19.7 Å². The van der Waals surface area contributed by atoms with Crippen LogP contribution in [0.25, 0.3) is 0 Å². The third-order valence-corrected chi connectivity index (χ3v) is 4.72.